The van der Waals surface area contributed by atoms with Gasteiger partial charge in [-0.15, -0.1) is 0 Å². The minimum absolute atomic E-state index is 0.0337. The van der Waals surface area contributed by atoms with E-state index in [-0.39, 0.29) is 11.8 Å². The van der Waals surface area contributed by atoms with Crippen molar-refractivity contribution in [2.45, 2.75) is 32.2 Å². The van der Waals surface area contributed by atoms with E-state index in [9.17, 15) is 9.59 Å². The monoisotopic (exact) mass is 379 g/mol. The number of amides is 2. The molecule has 5 nitrogen and oxygen atoms in total. The number of likely N-dealkylation sites (tertiary alicyclic amines) is 1. The van der Waals surface area contributed by atoms with E-state index in [1.54, 1.807) is 6.92 Å². The van der Waals surface area contributed by atoms with Gasteiger partial charge in [0, 0.05) is 57.3 Å². The number of benzene rings is 2. The smallest absolute Gasteiger partial charge is 0.225 e. The number of rotatable bonds is 6. The van der Waals surface area contributed by atoms with Crippen LogP contribution in [0.15, 0.2) is 54.6 Å². The zero-order valence-corrected chi connectivity index (χ0v) is 16.7. The summed E-state index contributed by atoms with van der Waals surface area (Å²) in [6, 6.07) is 18.3. The third-order valence-electron chi connectivity index (χ3n) is 5.54. The molecule has 0 aliphatic carbocycles. The van der Waals surface area contributed by atoms with Crippen LogP contribution in [0.5, 0.6) is 0 Å². The van der Waals surface area contributed by atoms with Crippen LogP contribution in [0.3, 0.4) is 0 Å². The predicted octanol–water partition coefficient (Wildman–Crippen LogP) is 3.62. The molecule has 1 saturated heterocycles. The van der Waals surface area contributed by atoms with Gasteiger partial charge in [0.2, 0.25) is 11.8 Å². The lowest BCUT2D eigenvalue weighted by atomic mass is 10.0. The fraction of sp³-hybridized carbons (Fsp3) is 0.391. The SMILES string of the molecule is CC(=O)N(C)C1CCN(CCC(=O)Nc2ccccc2-c2ccccc2)CC1. The van der Waals surface area contributed by atoms with Gasteiger partial charge in [-0.1, -0.05) is 48.5 Å². The molecular weight excluding hydrogens is 350 g/mol. The lowest BCUT2D eigenvalue weighted by molar-refractivity contribution is -0.130. The van der Waals surface area contributed by atoms with E-state index in [1.165, 1.54) is 0 Å². The van der Waals surface area contributed by atoms with Crippen LogP contribution in [0.25, 0.3) is 11.1 Å². The van der Waals surface area contributed by atoms with Crippen molar-refractivity contribution in [2.75, 3.05) is 32.0 Å². The molecule has 0 saturated carbocycles. The van der Waals surface area contributed by atoms with Crippen LogP contribution in [0.4, 0.5) is 5.69 Å². The molecule has 0 radical (unpaired) electrons. The van der Waals surface area contributed by atoms with Crippen molar-refractivity contribution in [3.63, 3.8) is 0 Å². The molecule has 1 fully saturated rings. The predicted molar refractivity (Wildman–Crippen MR) is 113 cm³/mol. The number of hydrogen-bond acceptors (Lipinski definition) is 3. The van der Waals surface area contributed by atoms with Crippen molar-refractivity contribution in [3.05, 3.63) is 54.6 Å². The fourth-order valence-corrected chi connectivity index (χ4v) is 3.72. The molecule has 148 valence electrons. The van der Waals surface area contributed by atoms with Gasteiger partial charge in [-0.25, -0.2) is 0 Å². The molecule has 0 spiro atoms. The maximum atomic E-state index is 12.5. The summed E-state index contributed by atoms with van der Waals surface area (Å²) in [7, 11) is 1.88. The van der Waals surface area contributed by atoms with E-state index in [1.807, 2.05) is 66.5 Å². The second kappa shape index (κ2) is 9.51. The molecule has 0 unspecified atom stereocenters. The Balaban J connectivity index is 1.50. The topological polar surface area (TPSA) is 52.7 Å². The molecule has 1 heterocycles. The molecule has 0 aromatic heterocycles. The number of carbonyl (C=O) groups excluding carboxylic acids is 2. The highest BCUT2D eigenvalue weighted by Gasteiger charge is 2.23. The lowest BCUT2D eigenvalue weighted by Crippen LogP contribution is -2.45. The van der Waals surface area contributed by atoms with Crippen LogP contribution in [-0.4, -0.2) is 54.3 Å². The molecule has 1 aliphatic rings. The maximum Gasteiger partial charge on any atom is 0.225 e. The zero-order chi connectivity index (χ0) is 19.9. The third kappa shape index (κ3) is 5.20. The van der Waals surface area contributed by atoms with Gasteiger partial charge in [-0.05, 0) is 24.5 Å². The van der Waals surface area contributed by atoms with E-state index in [2.05, 4.69) is 10.2 Å². The summed E-state index contributed by atoms with van der Waals surface area (Å²) < 4.78 is 0. The number of piperidine rings is 1. The van der Waals surface area contributed by atoms with Crippen molar-refractivity contribution in [2.24, 2.45) is 0 Å². The highest BCUT2D eigenvalue weighted by molar-refractivity contribution is 5.95. The number of nitrogens with zero attached hydrogens (tertiary/aromatic N) is 2. The van der Waals surface area contributed by atoms with Gasteiger partial charge in [0.25, 0.3) is 0 Å². The Morgan fingerprint density at radius 1 is 1.04 bits per heavy atom. The Bertz CT molecular complexity index is 799. The van der Waals surface area contributed by atoms with E-state index in [0.29, 0.717) is 12.5 Å². The average Bonchev–Trinajstić information content (AvgIpc) is 2.73. The van der Waals surface area contributed by atoms with Crippen LogP contribution >= 0.6 is 0 Å². The highest BCUT2D eigenvalue weighted by atomic mass is 16.2. The van der Waals surface area contributed by atoms with Crippen molar-refractivity contribution in [3.8, 4) is 11.1 Å². The van der Waals surface area contributed by atoms with Crippen LogP contribution in [-0.2, 0) is 9.59 Å². The van der Waals surface area contributed by atoms with Crippen LogP contribution < -0.4 is 5.32 Å². The number of para-hydroxylation sites is 1. The molecule has 0 bridgehead atoms. The van der Waals surface area contributed by atoms with Gasteiger partial charge in [-0.3, -0.25) is 9.59 Å². The minimum atomic E-state index is 0.0337. The first-order valence-electron chi connectivity index (χ1n) is 9.94. The summed E-state index contributed by atoms with van der Waals surface area (Å²) in [5.74, 6) is 0.154. The molecule has 3 rings (SSSR count). The van der Waals surface area contributed by atoms with Gasteiger partial charge in [0.05, 0.1) is 0 Å². The summed E-state index contributed by atoms with van der Waals surface area (Å²) in [6.07, 6.45) is 2.40. The molecular formula is C23H29N3O2. The first-order valence-corrected chi connectivity index (χ1v) is 9.94. The Labute approximate surface area is 167 Å². The highest BCUT2D eigenvalue weighted by Crippen LogP contribution is 2.27. The average molecular weight is 380 g/mol. The van der Waals surface area contributed by atoms with E-state index in [4.69, 9.17) is 0 Å². The number of anilines is 1. The fourth-order valence-electron chi connectivity index (χ4n) is 3.72. The summed E-state index contributed by atoms with van der Waals surface area (Å²) in [6.45, 7) is 4.21. The molecule has 0 atom stereocenters. The van der Waals surface area contributed by atoms with E-state index >= 15 is 0 Å². The maximum absolute atomic E-state index is 12.5. The van der Waals surface area contributed by atoms with Crippen molar-refractivity contribution < 1.29 is 9.59 Å². The van der Waals surface area contributed by atoms with Crippen molar-refractivity contribution >= 4 is 17.5 Å². The van der Waals surface area contributed by atoms with E-state index < -0.39 is 0 Å². The first kappa shape index (κ1) is 20.1. The van der Waals surface area contributed by atoms with Crippen LogP contribution in [0.2, 0.25) is 0 Å². The van der Waals surface area contributed by atoms with Gasteiger partial charge in [0.1, 0.15) is 0 Å². The van der Waals surface area contributed by atoms with Gasteiger partial charge in [0.15, 0.2) is 0 Å². The summed E-state index contributed by atoms with van der Waals surface area (Å²) in [5, 5.41) is 3.07. The van der Waals surface area contributed by atoms with Crippen LogP contribution in [0, 0.1) is 0 Å². The molecule has 2 amide bonds. The Morgan fingerprint density at radius 2 is 1.68 bits per heavy atom. The lowest BCUT2D eigenvalue weighted by Gasteiger charge is -2.36. The molecule has 1 N–H and O–H groups in total. The normalized spacial score (nSPS) is 15.2. The summed E-state index contributed by atoms with van der Waals surface area (Å²) in [5.41, 5.74) is 2.97. The second-order valence-corrected chi connectivity index (χ2v) is 7.41. The minimum Gasteiger partial charge on any atom is -0.343 e. The van der Waals surface area contributed by atoms with Crippen molar-refractivity contribution in [1.82, 2.24) is 9.80 Å². The van der Waals surface area contributed by atoms with E-state index in [0.717, 1.165) is 49.3 Å². The van der Waals surface area contributed by atoms with Crippen LogP contribution in [0.1, 0.15) is 26.2 Å². The van der Waals surface area contributed by atoms with Crippen molar-refractivity contribution in [1.29, 1.82) is 0 Å². The molecule has 5 heteroatoms. The Hall–Kier alpha value is -2.66. The quantitative estimate of drug-likeness (QED) is 0.834. The summed E-state index contributed by atoms with van der Waals surface area (Å²) >= 11 is 0. The largest absolute Gasteiger partial charge is 0.343 e. The number of carbonyl (C=O) groups is 2. The number of hydrogen-bond donors (Lipinski definition) is 1. The molecule has 1 aliphatic heterocycles. The third-order valence-corrected chi connectivity index (χ3v) is 5.54. The standard InChI is InChI=1S/C23H29N3O2/c1-18(27)25(2)20-12-15-26(16-13-20)17-14-23(28)24-22-11-7-6-10-21(22)19-8-4-3-5-9-19/h3-11,20H,12-17H2,1-2H3,(H,24,28). The Morgan fingerprint density at radius 3 is 2.36 bits per heavy atom. The molecule has 28 heavy (non-hydrogen) atoms. The second-order valence-electron chi connectivity index (χ2n) is 7.41. The van der Waals surface area contributed by atoms with Gasteiger partial charge >= 0.3 is 0 Å². The van der Waals surface area contributed by atoms with Gasteiger partial charge in [-0.2, -0.15) is 0 Å². The molecule has 2 aromatic rings. The zero-order valence-electron chi connectivity index (χ0n) is 16.7. The Kier molecular flexibility index (Phi) is 6.82. The first-order chi connectivity index (χ1) is 13.5. The van der Waals surface area contributed by atoms with Gasteiger partial charge < -0.3 is 15.1 Å². The summed E-state index contributed by atoms with van der Waals surface area (Å²) in [4.78, 5) is 28.2. The number of nitrogens with one attached hydrogen (secondary N) is 1. The molecule has 2 aromatic carbocycles.